The molecule has 0 aromatic heterocycles. The Labute approximate surface area is 122 Å². The summed E-state index contributed by atoms with van der Waals surface area (Å²) < 4.78 is 26.9. The molecule has 1 heterocycles. The molecule has 20 heavy (non-hydrogen) atoms. The molecule has 4 nitrogen and oxygen atoms in total. The lowest BCUT2D eigenvalue weighted by Gasteiger charge is -2.24. The van der Waals surface area contributed by atoms with Crippen molar-refractivity contribution in [2.75, 3.05) is 11.5 Å². The van der Waals surface area contributed by atoms with Crippen LogP contribution < -0.4 is 5.32 Å². The van der Waals surface area contributed by atoms with Gasteiger partial charge in [-0.2, -0.15) is 11.8 Å². The van der Waals surface area contributed by atoms with E-state index in [1.54, 1.807) is 0 Å². The number of hydrogen-bond acceptors (Lipinski definition) is 3. The van der Waals surface area contributed by atoms with Gasteiger partial charge in [-0.25, -0.2) is 13.6 Å². The number of halogens is 3. The molecule has 2 rings (SSSR count). The second-order valence-electron chi connectivity index (χ2n) is 4.39. The summed E-state index contributed by atoms with van der Waals surface area (Å²) in [6, 6.07) is 1.34. The summed E-state index contributed by atoms with van der Waals surface area (Å²) in [7, 11) is 0. The lowest BCUT2D eigenvalue weighted by atomic mass is 9.98. The number of rotatable bonds is 3. The van der Waals surface area contributed by atoms with E-state index in [-0.39, 0.29) is 12.2 Å². The number of thioether (sulfide) groups is 1. The van der Waals surface area contributed by atoms with Crippen molar-refractivity contribution in [3.05, 3.63) is 34.4 Å². The maximum atomic E-state index is 13.6. The van der Waals surface area contributed by atoms with Gasteiger partial charge in [-0.15, -0.1) is 0 Å². The van der Waals surface area contributed by atoms with Gasteiger partial charge >= 0.3 is 5.97 Å². The first-order chi connectivity index (χ1) is 9.35. The van der Waals surface area contributed by atoms with Crippen LogP contribution in [0.1, 0.15) is 16.8 Å². The molecule has 1 amide bonds. The van der Waals surface area contributed by atoms with Crippen molar-refractivity contribution in [2.24, 2.45) is 0 Å². The zero-order chi connectivity index (χ0) is 14.9. The van der Waals surface area contributed by atoms with Crippen molar-refractivity contribution < 1.29 is 23.5 Å². The summed E-state index contributed by atoms with van der Waals surface area (Å²) in [6.45, 7) is 0. The molecule has 8 heteroatoms. The van der Waals surface area contributed by atoms with Crippen molar-refractivity contribution in [2.45, 2.75) is 12.0 Å². The molecule has 108 valence electrons. The van der Waals surface area contributed by atoms with Crippen molar-refractivity contribution in [1.82, 2.24) is 5.32 Å². The lowest BCUT2D eigenvalue weighted by Crippen LogP contribution is -2.54. The summed E-state index contributed by atoms with van der Waals surface area (Å²) in [6.07, 6.45) is 0.233. The Kier molecular flexibility index (Phi) is 4.19. The molecule has 1 atom stereocenters. The second kappa shape index (κ2) is 5.57. The van der Waals surface area contributed by atoms with Crippen molar-refractivity contribution >= 4 is 35.2 Å². The molecule has 1 saturated heterocycles. The van der Waals surface area contributed by atoms with E-state index >= 15 is 0 Å². The van der Waals surface area contributed by atoms with Crippen LogP contribution >= 0.6 is 23.4 Å². The number of amides is 1. The number of aliphatic carboxylic acids is 1. The van der Waals surface area contributed by atoms with Gasteiger partial charge in [-0.3, -0.25) is 4.79 Å². The summed E-state index contributed by atoms with van der Waals surface area (Å²) >= 11 is 6.77. The van der Waals surface area contributed by atoms with Crippen molar-refractivity contribution in [1.29, 1.82) is 0 Å². The minimum atomic E-state index is -1.44. The Balaban J connectivity index is 2.28. The first-order valence-electron chi connectivity index (χ1n) is 5.64. The van der Waals surface area contributed by atoms with Gasteiger partial charge < -0.3 is 10.4 Å². The van der Waals surface area contributed by atoms with Crippen LogP contribution in [0.15, 0.2) is 12.1 Å². The van der Waals surface area contributed by atoms with E-state index in [0.29, 0.717) is 17.9 Å². The second-order valence-corrected chi connectivity index (χ2v) is 5.90. The van der Waals surface area contributed by atoms with Crippen LogP contribution in [0.4, 0.5) is 8.78 Å². The van der Waals surface area contributed by atoms with Gasteiger partial charge in [0.25, 0.3) is 5.91 Å². The first-order valence-corrected chi connectivity index (χ1v) is 7.17. The molecule has 1 aromatic rings. The molecule has 0 bridgehead atoms. The smallest absolute Gasteiger partial charge is 0.330 e. The van der Waals surface area contributed by atoms with Crippen LogP contribution in [0.2, 0.25) is 5.02 Å². The average molecular weight is 322 g/mol. The van der Waals surface area contributed by atoms with Gasteiger partial charge in [0.2, 0.25) is 0 Å². The van der Waals surface area contributed by atoms with Gasteiger partial charge in [0.1, 0.15) is 17.2 Å². The molecule has 0 radical (unpaired) electrons. The number of carbonyl (C=O) groups excluding carboxylic acids is 1. The van der Waals surface area contributed by atoms with Gasteiger partial charge in [-0.05, 0) is 24.3 Å². The van der Waals surface area contributed by atoms with Crippen LogP contribution in [-0.4, -0.2) is 34.0 Å². The van der Waals surface area contributed by atoms with Crippen LogP contribution in [-0.2, 0) is 4.79 Å². The predicted molar refractivity (Wildman–Crippen MR) is 71.1 cm³/mol. The molecule has 1 unspecified atom stereocenters. The highest BCUT2D eigenvalue weighted by molar-refractivity contribution is 7.99. The van der Waals surface area contributed by atoms with Gasteiger partial charge in [0.05, 0.1) is 10.6 Å². The fourth-order valence-corrected chi connectivity index (χ4v) is 3.34. The van der Waals surface area contributed by atoms with E-state index in [1.807, 2.05) is 0 Å². The molecule has 1 fully saturated rings. The topological polar surface area (TPSA) is 66.4 Å². The highest BCUT2D eigenvalue weighted by Gasteiger charge is 2.43. The lowest BCUT2D eigenvalue weighted by molar-refractivity contribution is -0.143. The molecule has 0 spiro atoms. The van der Waals surface area contributed by atoms with Crippen LogP contribution in [0.3, 0.4) is 0 Å². The van der Waals surface area contributed by atoms with Crippen molar-refractivity contribution in [3.8, 4) is 0 Å². The largest absolute Gasteiger partial charge is 0.479 e. The third kappa shape index (κ3) is 2.73. The Bertz CT molecular complexity index is 576. The number of nitrogens with one attached hydrogen (secondary N) is 1. The Morgan fingerprint density at radius 1 is 1.35 bits per heavy atom. The molecule has 1 aliphatic rings. The Morgan fingerprint density at radius 2 is 2.05 bits per heavy atom. The predicted octanol–water partition coefficient (Wildman–Crippen LogP) is 2.31. The standard InChI is InChI=1S/C12H10ClF2NO3S/c13-7-4-8(14)6(3-9(7)15)10(17)16-12(11(18)19)1-2-20-5-12/h3-4H,1-2,5H2,(H,16,17)(H,18,19). The SMILES string of the molecule is O=C(NC1(C(=O)O)CCSC1)c1cc(F)c(Cl)cc1F. The van der Waals surface area contributed by atoms with E-state index < -0.39 is 39.6 Å². The minimum absolute atomic E-state index is 0.186. The monoisotopic (exact) mass is 321 g/mol. The molecular weight excluding hydrogens is 312 g/mol. The van der Waals surface area contributed by atoms with Crippen LogP contribution in [0.25, 0.3) is 0 Å². The zero-order valence-electron chi connectivity index (χ0n) is 10.1. The van der Waals surface area contributed by atoms with E-state index in [4.69, 9.17) is 11.6 Å². The van der Waals surface area contributed by atoms with E-state index in [2.05, 4.69) is 5.32 Å². The number of benzene rings is 1. The summed E-state index contributed by atoms with van der Waals surface area (Å²) in [5.74, 6) is -3.34. The molecule has 2 N–H and O–H groups in total. The number of carboxylic acid groups (broad SMARTS) is 1. The highest BCUT2D eigenvalue weighted by atomic mass is 35.5. The van der Waals surface area contributed by atoms with Crippen LogP contribution in [0, 0.1) is 11.6 Å². The first kappa shape index (κ1) is 15.1. The number of carbonyl (C=O) groups is 2. The zero-order valence-corrected chi connectivity index (χ0v) is 11.7. The summed E-state index contributed by atoms with van der Waals surface area (Å²) in [4.78, 5) is 23.2. The van der Waals surface area contributed by atoms with E-state index in [0.717, 1.165) is 0 Å². The third-order valence-electron chi connectivity index (χ3n) is 3.04. The maximum absolute atomic E-state index is 13.6. The fourth-order valence-electron chi connectivity index (χ4n) is 1.87. The molecular formula is C12H10ClF2NO3S. The highest BCUT2D eigenvalue weighted by Crippen LogP contribution is 2.29. The van der Waals surface area contributed by atoms with Gasteiger partial charge in [0, 0.05) is 5.75 Å². The molecule has 0 aliphatic carbocycles. The van der Waals surface area contributed by atoms with Gasteiger partial charge in [-0.1, -0.05) is 11.6 Å². The minimum Gasteiger partial charge on any atom is -0.479 e. The normalized spacial score (nSPS) is 21.8. The number of hydrogen-bond donors (Lipinski definition) is 2. The van der Waals surface area contributed by atoms with E-state index in [1.165, 1.54) is 11.8 Å². The third-order valence-corrected chi connectivity index (χ3v) is 4.52. The summed E-state index contributed by atoms with van der Waals surface area (Å²) in [5, 5.41) is 11.1. The Hall–Kier alpha value is -1.34. The maximum Gasteiger partial charge on any atom is 0.330 e. The molecule has 0 saturated carbocycles. The van der Waals surface area contributed by atoms with E-state index in [9.17, 15) is 23.5 Å². The quantitative estimate of drug-likeness (QED) is 0.838. The fraction of sp³-hybridized carbons (Fsp3) is 0.333. The van der Waals surface area contributed by atoms with Gasteiger partial charge in [0.15, 0.2) is 0 Å². The summed E-state index contributed by atoms with van der Waals surface area (Å²) in [5.41, 5.74) is -2.01. The van der Waals surface area contributed by atoms with Crippen LogP contribution in [0.5, 0.6) is 0 Å². The van der Waals surface area contributed by atoms with Crippen molar-refractivity contribution in [3.63, 3.8) is 0 Å². The molecule has 1 aliphatic heterocycles. The molecule has 1 aromatic carbocycles. The Morgan fingerprint density at radius 3 is 2.60 bits per heavy atom. The number of carboxylic acids is 1. The average Bonchev–Trinajstić information content (AvgIpc) is 2.83.